The minimum Gasteiger partial charge on any atom is -0.489 e. The van der Waals surface area contributed by atoms with Crippen molar-refractivity contribution in [1.82, 2.24) is 24.6 Å². The summed E-state index contributed by atoms with van der Waals surface area (Å²) < 4.78 is 53.9. The molecule has 14 heteroatoms. The number of aryl methyl sites for hydroxylation is 3. The summed E-state index contributed by atoms with van der Waals surface area (Å²) in [4.78, 5) is 25.3. The molecule has 0 radical (unpaired) electrons. The van der Waals surface area contributed by atoms with Crippen molar-refractivity contribution in [2.75, 3.05) is 39.5 Å². The van der Waals surface area contributed by atoms with Crippen LogP contribution in [0.5, 0.6) is 5.75 Å². The van der Waals surface area contributed by atoms with E-state index in [1.807, 2.05) is 57.2 Å². The number of ether oxygens (including phenoxy) is 4. The van der Waals surface area contributed by atoms with Crippen LogP contribution in [0, 0.1) is 19.8 Å². The quantitative estimate of drug-likeness (QED) is 0.0886. The molecule has 1 heterocycles. The molecule has 0 spiro atoms. The summed E-state index contributed by atoms with van der Waals surface area (Å²) in [7, 11) is -2.04. The van der Waals surface area contributed by atoms with Gasteiger partial charge in [-0.15, -0.1) is 5.10 Å². The lowest BCUT2D eigenvalue weighted by Gasteiger charge is -2.26. The van der Waals surface area contributed by atoms with E-state index in [1.54, 1.807) is 68.9 Å². The van der Waals surface area contributed by atoms with Crippen LogP contribution in [-0.4, -0.2) is 84.9 Å². The van der Waals surface area contributed by atoms with Gasteiger partial charge in [0.05, 0.1) is 31.1 Å². The summed E-state index contributed by atoms with van der Waals surface area (Å²) in [5.74, 6) is -0.249. The van der Waals surface area contributed by atoms with Crippen LogP contribution in [-0.2, 0) is 42.6 Å². The van der Waals surface area contributed by atoms with Gasteiger partial charge in [0.25, 0.3) is 0 Å². The Morgan fingerprint density at radius 2 is 1.70 bits per heavy atom. The minimum atomic E-state index is -3.82. The molecule has 13 nitrogen and oxygen atoms in total. The van der Waals surface area contributed by atoms with Gasteiger partial charge in [0, 0.05) is 32.6 Å². The molecule has 54 heavy (non-hydrogen) atoms. The first-order valence-corrected chi connectivity index (χ1v) is 19.8. The first-order valence-electron chi connectivity index (χ1n) is 18.3. The van der Waals surface area contributed by atoms with Gasteiger partial charge in [-0.2, -0.15) is 4.31 Å². The van der Waals surface area contributed by atoms with E-state index in [1.165, 1.54) is 0 Å². The Morgan fingerprint density at radius 1 is 0.963 bits per heavy atom. The number of nitrogens with one attached hydrogen (secondary N) is 1. The van der Waals surface area contributed by atoms with Gasteiger partial charge in [-0.05, 0) is 93.5 Å². The van der Waals surface area contributed by atoms with Crippen LogP contribution < -0.4 is 10.1 Å². The first kappa shape index (κ1) is 42.2. The predicted molar refractivity (Wildman–Crippen MR) is 207 cm³/mol. The van der Waals surface area contributed by atoms with Gasteiger partial charge in [-0.1, -0.05) is 55.5 Å². The maximum absolute atomic E-state index is 14.1. The number of aromatic nitrogens is 3. The van der Waals surface area contributed by atoms with E-state index in [-0.39, 0.29) is 62.7 Å². The third kappa shape index (κ3) is 11.5. The molecule has 4 rings (SSSR count). The number of carbonyl (C=O) groups excluding carboxylic acids is 2. The van der Waals surface area contributed by atoms with Gasteiger partial charge in [-0.3, -0.25) is 4.79 Å². The number of alkyl carbamates (subject to hydrolysis) is 1. The van der Waals surface area contributed by atoms with E-state index < -0.39 is 27.6 Å². The van der Waals surface area contributed by atoms with Gasteiger partial charge in [-0.25, -0.2) is 17.9 Å². The van der Waals surface area contributed by atoms with Crippen molar-refractivity contribution in [3.63, 3.8) is 0 Å². The molecular formula is C40H55N5O8S. The largest absolute Gasteiger partial charge is 0.489 e. The summed E-state index contributed by atoms with van der Waals surface area (Å²) in [6.07, 6.45) is -0.476. The molecule has 1 atom stereocenters. The Balaban J connectivity index is 1.62. The smallest absolute Gasteiger partial charge is 0.407 e. The zero-order chi connectivity index (χ0) is 39.6. The number of fused-ring (bicyclic) bond motifs is 1. The highest BCUT2D eigenvalue weighted by Gasteiger charge is 2.29. The maximum atomic E-state index is 14.1. The van der Waals surface area contributed by atoms with Crippen molar-refractivity contribution < 1.29 is 37.0 Å². The van der Waals surface area contributed by atoms with Crippen molar-refractivity contribution in [1.29, 1.82) is 0 Å². The lowest BCUT2D eigenvalue weighted by molar-refractivity contribution is -0.143. The molecule has 0 aliphatic carbocycles. The molecule has 0 aliphatic heterocycles. The molecule has 1 N–H and O–H groups in total. The van der Waals surface area contributed by atoms with Gasteiger partial charge in [0.2, 0.25) is 10.0 Å². The molecular weight excluding hydrogens is 711 g/mol. The molecule has 0 fully saturated rings. The van der Waals surface area contributed by atoms with Gasteiger partial charge < -0.3 is 24.3 Å². The van der Waals surface area contributed by atoms with Crippen LogP contribution in [0.15, 0.2) is 59.5 Å². The van der Waals surface area contributed by atoms with Crippen LogP contribution in [0.4, 0.5) is 4.79 Å². The lowest BCUT2D eigenvalue weighted by Crippen LogP contribution is -2.34. The van der Waals surface area contributed by atoms with Crippen molar-refractivity contribution in [2.45, 2.75) is 84.8 Å². The van der Waals surface area contributed by atoms with Crippen LogP contribution in [0.1, 0.15) is 81.7 Å². The molecule has 294 valence electrons. The SMILES string of the molecule is CCOC(=O)CC(c1ccc(C)c(CN(CC(C)C)S(=O)(=O)c2ccccc2C)c1)c1cc(OCCOCCNC(=O)OC(C)(C)C)c2c(c1)nnn2C. The standard InChI is InChI=1S/C40H55N5O8S/c1-10-51-37(46)24-33(30-16-15-28(4)32(21-30)26-45(25-27(2)3)54(48,49)36-14-12-11-13-29(36)5)31-22-34-38(44(9)43-42-34)35(23-31)52-20-19-50-18-17-41-39(47)53-40(6,7)8/h11-16,21-23,27,33H,10,17-20,24-26H2,1-9H3,(H,41,47). The van der Waals surface area contributed by atoms with Crippen molar-refractivity contribution in [2.24, 2.45) is 13.0 Å². The first-order chi connectivity index (χ1) is 25.5. The number of nitrogens with zero attached hydrogens (tertiary/aromatic N) is 4. The number of hydrogen-bond donors (Lipinski definition) is 1. The van der Waals surface area contributed by atoms with E-state index in [0.29, 0.717) is 28.9 Å². The highest BCUT2D eigenvalue weighted by Crippen LogP contribution is 2.36. The Bertz CT molecular complexity index is 2000. The van der Waals surface area contributed by atoms with E-state index in [9.17, 15) is 18.0 Å². The van der Waals surface area contributed by atoms with Gasteiger partial charge >= 0.3 is 12.1 Å². The zero-order valence-electron chi connectivity index (χ0n) is 33.0. The Kier molecular flexibility index (Phi) is 14.6. The maximum Gasteiger partial charge on any atom is 0.407 e. The molecule has 4 aromatic rings. The summed E-state index contributed by atoms with van der Waals surface area (Å²) in [5, 5.41) is 11.2. The molecule has 1 unspecified atom stereocenters. The molecule has 0 saturated heterocycles. The van der Waals surface area contributed by atoms with Gasteiger partial charge in [0.15, 0.2) is 0 Å². The summed E-state index contributed by atoms with van der Waals surface area (Å²) in [6.45, 7) is 16.6. The summed E-state index contributed by atoms with van der Waals surface area (Å²) in [5.41, 5.74) is 4.69. The van der Waals surface area contributed by atoms with Crippen LogP contribution >= 0.6 is 0 Å². The summed E-state index contributed by atoms with van der Waals surface area (Å²) >= 11 is 0. The number of carbonyl (C=O) groups is 2. The highest BCUT2D eigenvalue weighted by molar-refractivity contribution is 7.89. The Labute approximate surface area is 319 Å². The number of benzene rings is 3. The second-order valence-corrected chi connectivity index (χ2v) is 16.6. The average Bonchev–Trinajstić information content (AvgIpc) is 3.47. The molecule has 3 aromatic carbocycles. The third-order valence-corrected chi connectivity index (χ3v) is 10.5. The number of esters is 1. The fourth-order valence-corrected chi connectivity index (χ4v) is 7.87. The zero-order valence-corrected chi connectivity index (χ0v) is 33.8. The van der Waals surface area contributed by atoms with E-state index in [0.717, 1.165) is 22.3 Å². The second kappa shape index (κ2) is 18.7. The van der Waals surface area contributed by atoms with Crippen LogP contribution in [0.2, 0.25) is 0 Å². The van der Waals surface area contributed by atoms with E-state index >= 15 is 0 Å². The molecule has 0 saturated carbocycles. The number of amides is 1. The Morgan fingerprint density at radius 3 is 2.39 bits per heavy atom. The highest BCUT2D eigenvalue weighted by atomic mass is 32.2. The van der Waals surface area contributed by atoms with Crippen molar-refractivity contribution >= 4 is 33.1 Å². The fraction of sp³-hybridized carbons (Fsp3) is 0.500. The molecule has 0 aliphatic rings. The normalized spacial score (nSPS) is 12.6. The number of sulfonamides is 1. The molecule has 0 bridgehead atoms. The monoisotopic (exact) mass is 765 g/mol. The summed E-state index contributed by atoms with van der Waals surface area (Å²) in [6, 6.07) is 16.7. The fourth-order valence-electron chi connectivity index (χ4n) is 6.06. The third-order valence-electron chi connectivity index (χ3n) is 8.57. The molecule has 1 aromatic heterocycles. The second-order valence-electron chi connectivity index (χ2n) is 14.7. The van der Waals surface area contributed by atoms with E-state index in [4.69, 9.17) is 18.9 Å². The van der Waals surface area contributed by atoms with Crippen LogP contribution in [0.25, 0.3) is 11.0 Å². The van der Waals surface area contributed by atoms with E-state index in [2.05, 4.69) is 15.6 Å². The van der Waals surface area contributed by atoms with Crippen LogP contribution in [0.3, 0.4) is 0 Å². The number of rotatable bonds is 18. The van der Waals surface area contributed by atoms with Crippen molar-refractivity contribution in [3.8, 4) is 5.75 Å². The predicted octanol–water partition coefficient (Wildman–Crippen LogP) is 6.44. The lowest BCUT2D eigenvalue weighted by atomic mass is 9.86. The average molecular weight is 766 g/mol. The van der Waals surface area contributed by atoms with Crippen molar-refractivity contribution in [3.05, 3.63) is 82.4 Å². The molecule has 1 amide bonds. The van der Waals surface area contributed by atoms with Gasteiger partial charge in [0.1, 0.15) is 29.0 Å². The topological polar surface area (TPSA) is 151 Å². The number of hydrogen-bond acceptors (Lipinski definition) is 10. The minimum absolute atomic E-state index is 0.0343. The Hall–Kier alpha value is -4.53.